The number of nitrogens with one attached hydrogen (secondary N) is 1. The number of piperazine rings is 1. The van der Waals surface area contributed by atoms with E-state index in [-0.39, 0.29) is 17.9 Å². The van der Waals surface area contributed by atoms with E-state index in [1.165, 1.54) is 5.48 Å². The number of benzene rings is 1. The zero-order valence-electron chi connectivity index (χ0n) is 18.0. The molecular formula is C21H34N4O4. The monoisotopic (exact) mass is 406 g/mol. The third kappa shape index (κ3) is 5.61. The van der Waals surface area contributed by atoms with Gasteiger partial charge in [0.25, 0.3) is 5.91 Å². The number of nitrogens with zero attached hydrogens (tertiary/aromatic N) is 3. The topological polar surface area (TPSA) is 96.4 Å². The second-order valence-electron chi connectivity index (χ2n) is 8.39. The van der Waals surface area contributed by atoms with Gasteiger partial charge in [0.15, 0.2) is 0 Å². The number of amides is 2. The molecule has 162 valence electrons. The van der Waals surface area contributed by atoms with Crippen LogP contribution in [0.1, 0.15) is 27.2 Å². The van der Waals surface area contributed by atoms with Crippen LogP contribution in [0.5, 0.6) is 0 Å². The summed E-state index contributed by atoms with van der Waals surface area (Å²) in [4.78, 5) is 30.9. The number of carbonyl (C=O) groups is 2. The van der Waals surface area contributed by atoms with Gasteiger partial charge in [0.05, 0.1) is 5.92 Å². The average molecular weight is 407 g/mol. The number of rotatable bonds is 7. The Labute approximate surface area is 173 Å². The van der Waals surface area contributed by atoms with Crippen molar-refractivity contribution in [3.63, 3.8) is 0 Å². The van der Waals surface area contributed by atoms with E-state index < -0.39 is 17.9 Å². The second-order valence-corrected chi connectivity index (χ2v) is 8.39. The summed E-state index contributed by atoms with van der Waals surface area (Å²) in [6.07, 6.45) is -1.20. The fourth-order valence-electron chi connectivity index (χ4n) is 3.82. The Morgan fingerprint density at radius 1 is 1.21 bits per heavy atom. The molecule has 29 heavy (non-hydrogen) atoms. The van der Waals surface area contributed by atoms with Crippen molar-refractivity contribution in [2.24, 2.45) is 11.8 Å². The van der Waals surface area contributed by atoms with E-state index in [1.807, 2.05) is 39.8 Å². The zero-order chi connectivity index (χ0) is 21.7. The molecule has 1 heterocycles. The highest BCUT2D eigenvalue weighted by Crippen LogP contribution is 2.25. The number of anilines is 2. The Kier molecular flexibility index (Phi) is 7.87. The highest BCUT2D eigenvalue weighted by molar-refractivity contribution is 5.89. The van der Waals surface area contributed by atoms with Crippen molar-refractivity contribution in [2.75, 3.05) is 43.5 Å². The van der Waals surface area contributed by atoms with Gasteiger partial charge in [-0.05, 0) is 43.5 Å². The van der Waals surface area contributed by atoms with Crippen LogP contribution in [0.25, 0.3) is 0 Å². The molecule has 0 bridgehead atoms. The number of carbonyl (C=O) groups excluding carboxylic acids is 2. The van der Waals surface area contributed by atoms with Gasteiger partial charge in [-0.3, -0.25) is 14.8 Å². The van der Waals surface area contributed by atoms with Crippen molar-refractivity contribution in [3.05, 3.63) is 24.3 Å². The van der Waals surface area contributed by atoms with Crippen LogP contribution in [0.2, 0.25) is 0 Å². The Morgan fingerprint density at radius 2 is 1.83 bits per heavy atom. The van der Waals surface area contributed by atoms with E-state index in [4.69, 9.17) is 5.21 Å². The minimum atomic E-state index is -1.57. The van der Waals surface area contributed by atoms with Crippen LogP contribution in [0.3, 0.4) is 0 Å². The van der Waals surface area contributed by atoms with Gasteiger partial charge >= 0.3 is 0 Å². The lowest BCUT2D eigenvalue weighted by Gasteiger charge is -2.42. The highest BCUT2D eigenvalue weighted by atomic mass is 16.5. The number of hydrogen-bond acceptors (Lipinski definition) is 6. The third-order valence-corrected chi connectivity index (χ3v) is 5.44. The largest absolute Gasteiger partial charge is 0.382 e. The highest BCUT2D eigenvalue weighted by Gasteiger charge is 2.38. The van der Waals surface area contributed by atoms with Gasteiger partial charge in [-0.15, -0.1) is 0 Å². The summed E-state index contributed by atoms with van der Waals surface area (Å²) in [5.74, 6) is -1.95. The average Bonchev–Trinajstić information content (AvgIpc) is 2.70. The molecule has 3 atom stereocenters. The lowest BCUT2D eigenvalue weighted by atomic mass is 9.89. The maximum Gasteiger partial charge on any atom is 0.272 e. The predicted octanol–water partition coefficient (Wildman–Crippen LogP) is 1.32. The molecule has 1 aromatic rings. The van der Waals surface area contributed by atoms with Crippen LogP contribution < -0.4 is 15.3 Å². The molecule has 3 N–H and O–H groups in total. The first-order valence-corrected chi connectivity index (χ1v) is 10.1. The van der Waals surface area contributed by atoms with Crippen LogP contribution in [-0.4, -0.2) is 72.9 Å². The quantitative estimate of drug-likeness (QED) is 0.467. The van der Waals surface area contributed by atoms with Gasteiger partial charge in [0, 0.05) is 51.1 Å². The summed E-state index contributed by atoms with van der Waals surface area (Å²) < 4.78 is 0. The predicted molar refractivity (Wildman–Crippen MR) is 113 cm³/mol. The minimum Gasteiger partial charge on any atom is -0.382 e. The maximum atomic E-state index is 13.1. The molecule has 8 nitrogen and oxygen atoms in total. The molecule has 0 radical (unpaired) electrons. The summed E-state index contributed by atoms with van der Waals surface area (Å²) >= 11 is 0. The molecule has 1 fully saturated rings. The fourth-order valence-corrected chi connectivity index (χ4v) is 3.82. The van der Waals surface area contributed by atoms with Gasteiger partial charge in [0.1, 0.15) is 6.10 Å². The van der Waals surface area contributed by atoms with Crippen LogP contribution in [-0.2, 0) is 9.59 Å². The van der Waals surface area contributed by atoms with E-state index in [0.29, 0.717) is 26.1 Å². The van der Waals surface area contributed by atoms with E-state index in [2.05, 4.69) is 29.2 Å². The molecule has 2 rings (SSSR count). The minimum absolute atomic E-state index is 0.0659. The summed E-state index contributed by atoms with van der Waals surface area (Å²) in [7, 11) is 4.00. The fraction of sp³-hybridized carbons (Fsp3) is 0.619. The summed E-state index contributed by atoms with van der Waals surface area (Å²) in [5, 5.41) is 19.1. The number of aliphatic hydroxyl groups excluding tert-OH is 1. The molecule has 2 amide bonds. The Bertz CT molecular complexity index is 692. The van der Waals surface area contributed by atoms with Crippen molar-refractivity contribution in [1.29, 1.82) is 0 Å². The van der Waals surface area contributed by atoms with Gasteiger partial charge in [0.2, 0.25) is 5.91 Å². The molecule has 1 saturated heterocycles. The van der Waals surface area contributed by atoms with Gasteiger partial charge in [-0.1, -0.05) is 13.8 Å². The molecule has 8 heteroatoms. The number of hydrogen-bond donors (Lipinski definition) is 3. The summed E-state index contributed by atoms with van der Waals surface area (Å²) in [5.41, 5.74) is 3.69. The van der Waals surface area contributed by atoms with Crippen molar-refractivity contribution >= 4 is 23.2 Å². The summed E-state index contributed by atoms with van der Waals surface area (Å²) in [6.45, 7) is 7.70. The van der Waals surface area contributed by atoms with Crippen LogP contribution >= 0.6 is 0 Å². The van der Waals surface area contributed by atoms with E-state index in [0.717, 1.165) is 11.4 Å². The molecule has 1 aliphatic rings. The lowest BCUT2D eigenvalue weighted by molar-refractivity contribution is -0.152. The zero-order valence-corrected chi connectivity index (χ0v) is 18.0. The lowest BCUT2D eigenvalue weighted by Crippen LogP contribution is -2.57. The van der Waals surface area contributed by atoms with E-state index in [1.54, 1.807) is 4.90 Å². The number of aliphatic hydroxyl groups is 1. The molecule has 0 aliphatic carbocycles. The van der Waals surface area contributed by atoms with Crippen molar-refractivity contribution < 1.29 is 19.9 Å². The molecule has 1 aromatic carbocycles. The maximum absolute atomic E-state index is 13.1. The molecular weight excluding hydrogens is 372 g/mol. The smallest absolute Gasteiger partial charge is 0.272 e. The Morgan fingerprint density at radius 3 is 2.31 bits per heavy atom. The molecule has 0 aromatic heterocycles. The Balaban J connectivity index is 2.09. The van der Waals surface area contributed by atoms with Crippen molar-refractivity contribution in [1.82, 2.24) is 10.4 Å². The molecule has 1 aliphatic heterocycles. The first-order valence-electron chi connectivity index (χ1n) is 10.1. The van der Waals surface area contributed by atoms with Gasteiger partial charge in [-0.2, -0.15) is 0 Å². The van der Waals surface area contributed by atoms with E-state index in [9.17, 15) is 14.7 Å². The number of hydroxylamine groups is 1. The molecule has 0 unspecified atom stereocenters. The van der Waals surface area contributed by atoms with Crippen molar-refractivity contribution in [3.8, 4) is 0 Å². The van der Waals surface area contributed by atoms with Crippen molar-refractivity contribution in [2.45, 2.75) is 39.3 Å². The summed E-state index contributed by atoms with van der Waals surface area (Å²) in [6, 6.07) is 8.23. The Hall–Kier alpha value is -2.32. The molecule has 0 saturated carbocycles. The van der Waals surface area contributed by atoms with Crippen LogP contribution in [0.4, 0.5) is 11.4 Å². The second kappa shape index (κ2) is 9.93. The third-order valence-electron chi connectivity index (χ3n) is 5.44. The first-order chi connectivity index (χ1) is 13.6. The van der Waals surface area contributed by atoms with E-state index >= 15 is 0 Å². The normalized spacial score (nSPS) is 19.1. The van der Waals surface area contributed by atoms with Crippen LogP contribution in [0.15, 0.2) is 24.3 Å². The van der Waals surface area contributed by atoms with Gasteiger partial charge in [-0.25, -0.2) is 5.48 Å². The van der Waals surface area contributed by atoms with Gasteiger partial charge < -0.3 is 19.8 Å². The first kappa shape index (κ1) is 23.0. The standard InChI is InChI=1S/C21H34N4O4/c1-14(2)12-18(19(26)20(27)22-29)21(28)25-11-10-24(13-15(25)3)17-8-6-16(7-9-17)23(4)5/h6-9,14-15,18-19,26,29H,10-13H2,1-5H3,(H,22,27)/t15-,18+,19+/m1/s1. The molecule has 0 spiro atoms. The SMILES string of the molecule is CC(C)C[C@H](C(=O)N1CCN(c2ccc(N(C)C)cc2)C[C@H]1C)[C@H](O)C(=O)NO. The van der Waals surface area contributed by atoms with Crippen LogP contribution in [0, 0.1) is 11.8 Å².